The van der Waals surface area contributed by atoms with Gasteiger partial charge in [-0.1, -0.05) is 6.07 Å². The summed E-state index contributed by atoms with van der Waals surface area (Å²) in [4.78, 5) is 22.2. The van der Waals surface area contributed by atoms with Crippen molar-refractivity contribution in [2.24, 2.45) is 0 Å². The third-order valence-corrected chi connectivity index (χ3v) is 3.36. The van der Waals surface area contributed by atoms with Gasteiger partial charge >= 0.3 is 12.0 Å². The van der Waals surface area contributed by atoms with Crippen LogP contribution in [0.5, 0.6) is 0 Å². The summed E-state index contributed by atoms with van der Waals surface area (Å²) in [5.74, 6) is -0.982. The van der Waals surface area contributed by atoms with Crippen molar-refractivity contribution in [2.45, 2.75) is 32.2 Å². The highest BCUT2D eigenvalue weighted by Crippen LogP contribution is 2.20. The van der Waals surface area contributed by atoms with E-state index in [9.17, 15) is 9.59 Å². The maximum absolute atomic E-state index is 11.8. The molecule has 1 fully saturated rings. The number of amides is 2. The first kappa shape index (κ1) is 14.1. The Morgan fingerprint density at radius 3 is 2.65 bits per heavy atom. The maximum atomic E-state index is 11.8. The van der Waals surface area contributed by atoms with E-state index < -0.39 is 5.97 Å². The fraction of sp³-hybridized carbons (Fsp3) is 0.333. The van der Waals surface area contributed by atoms with E-state index in [-0.39, 0.29) is 6.03 Å². The normalized spacial score (nSPS) is 14.8. The fourth-order valence-corrected chi connectivity index (χ4v) is 1.99. The topological polar surface area (TPSA) is 78.4 Å². The number of hydrogen-bond acceptors (Lipinski definition) is 2. The third kappa shape index (κ3) is 3.85. The number of benzene rings is 1. The number of aryl methyl sites for hydroxylation is 1. The Bertz CT molecular complexity index is 548. The van der Waals surface area contributed by atoms with Gasteiger partial charge in [-0.15, -0.1) is 0 Å². The SMILES string of the molecule is Cc1cc(/C=C/C(=O)O)ccc1NC(=O)NC1CCC1. The minimum atomic E-state index is -0.982. The van der Waals surface area contributed by atoms with Crippen LogP contribution in [0, 0.1) is 6.92 Å². The van der Waals surface area contributed by atoms with Gasteiger partial charge in [-0.25, -0.2) is 9.59 Å². The molecular weight excluding hydrogens is 256 g/mol. The van der Waals surface area contributed by atoms with Gasteiger partial charge in [0.1, 0.15) is 0 Å². The molecule has 2 rings (SSSR count). The minimum absolute atomic E-state index is 0.188. The van der Waals surface area contributed by atoms with E-state index in [0.29, 0.717) is 6.04 Å². The molecule has 1 saturated carbocycles. The van der Waals surface area contributed by atoms with Crippen molar-refractivity contribution in [1.29, 1.82) is 0 Å². The van der Waals surface area contributed by atoms with Crippen molar-refractivity contribution in [1.82, 2.24) is 5.32 Å². The maximum Gasteiger partial charge on any atom is 0.328 e. The summed E-state index contributed by atoms with van der Waals surface area (Å²) in [7, 11) is 0. The predicted octanol–water partition coefficient (Wildman–Crippen LogP) is 2.77. The van der Waals surface area contributed by atoms with Crippen LogP contribution in [-0.2, 0) is 4.79 Å². The molecule has 0 saturated heterocycles. The summed E-state index contributed by atoms with van der Waals surface area (Å²) in [6.07, 6.45) is 5.88. The number of anilines is 1. The third-order valence-electron chi connectivity index (χ3n) is 3.36. The van der Waals surface area contributed by atoms with Crippen molar-refractivity contribution in [3.63, 3.8) is 0 Å². The van der Waals surface area contributed by atoms with E-state index in [4.69, 9.17) is 5.11 Å². The molecule has 0 aliphatic heterocycles. The smallest absolute Gasteiger partial charge is 0.328 e. The summed E-state index contributed by atoms with van der Waals surface area (Å²) >= 11 is 0. The molecule has 3 N–H and O–H groups in total. The highest BCUT2D eigenvalue weighted by molar-refractivity contribution is 5.91. The molecule has 0 aromatic heterocycles. The van der Waals surface area contributed by atoms with E-state index in [1.54, 1.807) is 12.1 Å². The number of carboxylic acid groups (broad SMARTS) is 1. The van der Waals surface area contributed by atoms with Crippen molar-refractivity contribution >= 4 is 23.8 Å². The molecule has 0 radical (unpaired) electrons. The zero-order valence-corrected chi connectivity index (χ0v) is 11.3. The van der Waals surface area contributed by atoms with Gasteiger partial charge in [-0.05, 0) is 55.5 Å². The molecule has 0 bridgehead atoms. The van der Waals surface area contributed by atoms with Gasteiger partial charge in [0.15, 0.2) is 0 Å². The van der Waals surface area contributed by atoms with Crippen molar-refractivity contribution in [3.8, 4) is 0 Å². The zero-order valence-electron chi connectivity index (χ0n) is 11.3. The van der Waals surface area contributed by atoms with Crippen LogP contribution in [0.2, 0.25) is 0 Å². The van der Waals surface area contributed by atoms with Crippen molar-refractivity contribution in [2.75, 3.05) is 5.32 Å². The lowest BCUT2D eigenvalue weighted by Gasteiger charge is -2.26. The molecule has 20 heavy (non-hydrogen) atoms. The quantitative estimate of drug-likeness (QED) is 0.739. The highest BCUT2D eigenvalue weighted by atomic mass is 16.4. The Kier molecular flexibility index (Phi) is 4.40. The van der Waals surface area contributed by atoms with Crippen LogP contribution in [0.4, 0.5) is 10.5 Å². The molecule has 0 unspecified atom stereocenters. The van der Waals surface area contributed by atoms with Crippen LogP contribution in [0.3, 0.4) is 0 Å². The second kappa shape index (κ2) is 6.23. The molecule has 2 amide bonds. The van der Waals surface area contributed by atoms with Gasteiger partial charge in [0.05, 0.1) is 0 Å². The van der Waals surface area contributed by atoms with E-state index in [2.05, 4.69) is 10.6 Å². The number of rotatable bonds is 4. The zero-order chi connectivity index (χ0) is 14.5. The molecule has 5 heteroatoms. The van der Waals surface area contributed by atoms with Crippen LogP contribution in [0.15, 0.2) is 24.3 Å². The first-order valence-electron chi connectivity index (χ1n) is 6.64. The van der Waals surface area contributed by atoms with E-state index in [0.717, 1.165) is 35.7 Å². The average Bonchev–Trinajstić information content (AvgIpc) is 2.34. The van der Waals surface area contributed by atoms with Gasteiger partial charge in [-0.2, -0.15) is 0 Å². The molecule has 1 aliphatic rings. The summed E-state index contributed by atoms with van der Waals surface area (Å²) < 4.78 is 0. The molecule has 0 heterocycles. The van der Waals surface area contributed by atoms with Crippen LogP contribution in [0.25, 0.3) is 6.08 Å². The van der Waals surface area contributed by atoms with Gasteiger partial charge in [0.2, 0.25) is 0 Å². The standard InChI is InChI=1S/C15H18N2O3/c1-10-9-11(6-8-14(18)19)5-7-13(10)17-15(20)16-12-3-2-4-12/h5-9,12H,2-4H2,1H3,(H,18,19)(H2,16,17,20)/b8-6+. The summed E-state index contributed by atoms with van der Waals surface area (Å²) in [6.45, 7) is 1.87. The second-order valence-corrected chi connectivity index (χ2v) is 4.97. The molecule has 0 atom stereocenters. The van der Waals surface area contributed by atoms with E-state index in [1.807, 2.05) is 13.0 Å². The summed E-state index contributed by atoms with van der Waals surface area (Å²) in [5.41, 5.74) is 2.41. The van der Waals surface area contributed by atoms with Gasteiger partial charge < -0.3 is 15.7 Å². The number of aliphatic carboxylic acids is 1. The molecule has 1 aliphatic carbocycles. The molecule has 1 aromatic rings. The number of carbonyl (C=O) groups is 2. The molecule has 0 spiro atoms. The van der Waals surface area contributed by atoms with Crippen LogP contribution in [-0.4, -0.2) is 23.1 Å². The van der Waals surface area contributed by atoms with E-state index in [1.165, 1.54) is 12.5 Å². The molecular formula is C15H18N2O3. The Morgan fingerprint density at radius 1 is 1.35 bits per heavy atom. The molecule has 5 nitrogen and oxygen atoms in total. The largest absolute Gasteiger partial charge is 0.478 e. The number of carbonyl (C=O) groups excluding carboxylic acids is 1. The predicted molar refractivity (Wildman–Crippen MR) is 77.6 cm³/mol. The lowest BCUT2D eigenvalue weighted by Crippen LogP contribution is -2.41. The number of urea groups is 1. The van der Waals surface area contributed by atoms with Crippen LogP contribution in [0.1, 0.15) is 30.4 Å². The van der Waals surface area contributed by atoms with Gasteiger partial charge in [-0.3, -0.25) is 0 Å². The Morgan fingerprint density at radius 2 is 2.10 bits per heavy atom. The monoisotopic (exact) mass is 274 g/mol. The first-order valence-corrected chi connectivity index (χ1v) is 6.64. The number of hydrogen-bond donors (Lipinski definition) is 3. The van der Waals surface area contributed by atoms with Gasteiger partial charge in [0, 0.05) is 17.8 Å². The highest BCUT2D eigenvalue weighted by Gasteiger charge is 2.19. The fourth-order valence-electron chi connectivity index (χ4n) is 1.99. The lowest BCUT2D eigenvalue weighted by molar-refractivity contribution is -0.131. The summed E-state index contributed by atoms with van der Waals surface area (Å²) in [5, 5.41) is 14.3. The van der Waals surface area contributed by atoms with Crippen LogP contribution >= 0.6 is 0 Å². The molecule has 1 aromatic carbocycles. The summed E-state index contributed by atoms with van der Waals surface area (Å²) in [6, 6.07) is 5.49. The Hall–Kier alpha value is -2.30. The average molecular weight is 274 g/mol. The Balaban J connectivity index is 1.98. The van der Waals surface area contributed by atoms with Gasteiger partial charge in [0.25, 0.3) is 0 Å². The Labute approximate surface area is 117 Å². The van der Waals surface area contributed by atoms with E-state index >= 15 is 0 Å². The first-order chi connectivity index (χ1) is 9.54. The number of nitrogens with one attached hydrogen (secondary N) is 2. The molecule has 106 valence electrons. The van der Waals surface area contributed by atoms with Crippen LogP contribution < -0.4 is 10.6 Å². The van der Waals surface area contributed by atoms with Crippen molar-refractivity contribution < 1.29 is 14.7 Å². The minimum Gasteiger partial charge on any atom is -0.478 e. The number of carboxylic acids is 1. The second-order valence-electron chi connectivity index (χ2n) is 4.97. The lowest BCUT2D eigenvalue weighted by atomic mass is 9.93. The van der Waals surface area contributed by atoms with Crippen molar-refractivity contribution in [3.05, 3.63) is 35.4 Å².